The van der Waals surface area contributed by atoms with Crippen LogP contribution >= 0.6 is 0 Å². The molecule has 1 fully saturated rings. The molecule has 2 atom stereocenters. The highest BCUT2D eigenvalue weighted by molar-refractivity contribution is 5.74. The minimum Gasteiger partial charge on any atom is -0.494 e. The lowest BCUT2D eigenvalue weighted by molar-refractivity contribution is -0.161. The van der Waals surface area contributed by atoms with Crippen LogP contribution in [0.2, 0.25) is 0 Å². The number of hydrogen-bond acceptors (Lipinski definition) is 5. The Morgan fingerprint density at radius 1 is 1.12 bits per heavy atom. The number of rotatable bonds is 7. The molecule has 1 saturated heterocycles. The van der Waals surface area contributed by atoms with Gasteiger partial charge >= 0.3 is 12.1 Å². The third-order valence-electron chi connectivity index (χ3n) is 5.18. The van der Waals surface area contributed by atoms with E-state index in [4.69, 9.17) is 14.2 Å². The van der Waals surface area contributed by atoms with Gasteiger partial charge in [0.15, 0.2) is 0 Å². The first-order valence-corrected chi connectivity index (χ1v) is 11.4. The largest absolute Gasteiger partial charge is 0.494 e. The molecule has 0 saturated carbocycles. The van der Waals surface area contributed by atoms with Crippen LogP contribution in [0.1, 0.15) is 66.0 Å². The molecule has 0 aliphatic carbocycles. The van der Waals surface area contributed by atoms with Gasteiger partial charge in [-0.05, 0) is 78.9 Å². The van der Waals surface area contributed by atoms with E-state index in [2.05, 4.69) is 6.58 Å². The molecule has 0 spiro atoms. The zero-order valence-corrected chi connectivity index (χ0v) is 20.7. The summed E-state index contributed by atoms with van der Waals surface area (Å²) in [6.45, 7) is 18.7. The first-order chi connectivity index (χ1) is 14.8. The van der Waals surface area contributed by atoms with Crippen molar-refractivity contribution in [1.82, 2.24) is 4.90 Å². The van der Waals surface area contributed by atoms with Gasteiger partial charge in [0.1, 0.15) is 17.0 Å². The molecule has 0 aromatic heterocycles. The predicted molar refractivity (Wildman–Crippen MR) is 126 cm³/mol. The summed E-state index contributed by atoms with van der Waals surface area (Å²) in [4.78, 5) is 27.4. The monoisotopic (exact) mass is 445 g/mol. The summed E-state index contributed by atoms with van der Waals surface area (Å²) in [6, 6.07) is 7.91. The van der Waals surface area contributed by atoms with Crippen molar-refractivity contribution in [2.45, 2.75) is 72.5 Å². The van der Waals surface area contributed by atoms with E-state index in [9.17, 15) is 9.59 Å². The standard InChI is InChI=1S/C26H39NO5/c1-9-30-18(2)20-12-10-11-19(15-20)16-22(23(28)31-25(3,4)5)21-13-14-27(17-21)24(29)32-26(6,7)8/h10-12,15,21-22H,2,9,13-14,16-17H2,1,3-8H3/t21-,22-/m0/s1. The van der Waals surface area contributed by atoms with Crippen LogP contribution in [0.25, 0.3) is 5.76 Å². The van der Waals surface area contributed by atoms with Crippen molar-refractivity contribution in [1.29, 1.82) is 0 Å². The molecule has 1 aliphatic rings. The smallest absolute Gasteiger partial charge is 0.410 e. The van der Waals surface area contributed by atoms with Crippen molar-refractivity contribution in [3.05, 3.63) is 42.0 Å². The number of benzene rings is 1. The van der Waals surface area contributed by atoms with E-state index >= 15 is 0 Å². The lowest BCUT2D eigenvalue weighted by Gasteiger charge is -2.28. The summed E-state index contributed by atoms with van der Waals surface area (Å²) in [5.74, 6) is 0.0103. The number of ether oxygens (including phenoxy) is 3. The van der Waals surface area contributed by atoms with Gasteiger partial charge in [-0.2, -0.15) is 0 Å². The summed E-state index contributed by atoms with van der Waals surface area (Å²) in [7, 11) is 0. The highest BCUT2D eigenvalue weighted by Crippen LogP contribution is 2.31. The average molecular weight is 446 g/mol. The normalized spacial score (nSPS) is 17.6. The molecule has 6 nitrogen and oxygen atoms in total. The van der Waals surface area contributed by atoms with E-state index in [-0.39, 0.29) is 23.9 Å². The average Bonchev–Trinajstić information content (AvgIpc) is 3.14. The molecule has 0 unspecified atom stereocenters. The number of esters is 1. The summed E-state index contributed by atoms with van der Waals surface area (Å²) in [5, 5.41) is 0. The van der Waals surface area contributed by atoms with Crippen LogP contribution in [0.15, 0.2) is 30.8 Å². The molecule has 6 heteroatoms. The van der Waals surface area contributed by atoms with E-state index in [1.165, 1.54) is 0 Å². The number of hydrogen-bond donors (Lipinski definition) is 0. The Balaban J connectivity index is 2.21. The molecule has 0 radical (unpaired) electrons. The number of nitrogens with zero attached hydrogens (tertiary/aromatic N) is 1. The van der Waals surface area contributed by atoms with Crippen molar-refractivity contribution in [3.8, 4) is 0 Å². The SMILES string of the molecule is C=C(OCC)c1cccc(C[C@H](C(=O)OC(C)(C)C)[C@H]2CCN(C(=O)OC(C)(C)C)C2)c1. The fourth-order valence-electron chi connectivity index (χ4n) is 3.81. The first kappa shape index (κ1) is 25.8. The highest BCUT2D eigenvalue weighted by Gasteiger charge is 2.39. The molecule has 178 valence electrons. The zero-order valence-electron chi connectivity index (χ0n) is 20.7. The highest BCUT2D eigenvalue weighted by atomic mass is 16.6. The molecule has 32 heavy (non-hydrogen) atoms. The van der Waals surface area contributed by atoms with E-state index in [1.54, 1.807) is 4.90 Å². The van der Waals surface area contributed by atoms with Crippen LogP contribution in [-0.4, -0.2) is 47.9 Å². The maximum atomic E-state index is 13.2. The van der Waals surface area contributed by atoms with Crippen molar-refractivity contribution >= 4 is 17.8 Å². The quantitative estimate of drug-likeness (QED) is 0.412. The van der Waals surface area contributed by atoms with E-state index < -0.39 is 11.2 Å². The van der Waals surface area contributed by atoms with Crippen molar-refractivity contribution in [3.63, 3.8) is 0 Å². The Morgan fingerprint density at radius 3 is 2.38 bits per heavy atom. The van der Waals surface area contributed by atoms with Crippen LogP contribution in [0.4, 0.5) is 4.79 Å². The molecular formula is C26H39NO5. The number of carbonyl (C=O) groups is 2. The van der Waals surface area contributed by atoms with Crippen LogP contribution in [0.5, 0.6) is 0 Å². The Bertz CT molecular complexity index is 818. The van der Waals surface area contributed by atoms with Crippen LogP contribution < -0.4 is 0 Å². The van der Waals surface area contributed by atoms with Gasteiger partial charge in [0.2, 0.25) is 0 Å². The van der Waals surface area contributed by atoms with Gasteiger partial charge in [-0.3, -0.25) is 4.79 Å². The Labute approximate surface area is 192 Å². The van der Waals surface area contributed by atoms with Crippen LogP contribution in [-0.2, 0) is 25.4 Å². The van der Waals surface area contributed by atoms with Gasteiger partial charge in [-0.15, -0.1) is 0 Å². The minimum absolute atomic E-state index is 0.00359. The van der Waals surface area contributed by atoms with Gasteiger partial charge in [0.25, 0.3) is 0 Å². The third kappa shape index (κ3) is 7.88. The maximum absolute atomic E-state index is 13.2. The van der Waals surface area contributed by atoms with Crippen LogP contribution in [0, 0.1) is 11.8 Å². The molecule has 1 heterocycles. The second kappa shape index (κ2) is 10.4. The number of amides is 1. The van der Waals surface area contributed by atoms with Crippen LogP contribution in [0.3, 0.4) is 0 Å². The molecule has 1 aromatic rings. The van der Waals surface area contributed by atoms with Gasteiger partial charge < -0.3 is 19.1 Å². The Morgan fingerprint density at radius 2 is 1.78 bits per heavy atom. The maximum Gasteiger partial charge on any atom is 0.410 e. The summed E-state index contributed by atoms with van der Waals surface area (Å²) in [6.07, 6.45) is 0.918. The summed E-state index contributed by atoms with van der Waals surface area (Å²) < 4.78 is 16.8. The molecule has 2 rings (SSSR count). The number of likely N-dealkylation sites (tertiary alicyclic amines) is 1. The van der Waals surface area contributed by atoms with Crippen molar-refractivity contribution in [2.24, 2.45) is 11.8 Å². The second-order valence-electron chi connectivity index (χ2n) is 10.4. The predicted octanol–water partition coefficient (Wildman–Crippen LogP) is 5.45. The lowest BCUT2D eigenvalue weighted by Crippen LogP contribution is -2.38. The second-order valence-corrected chi connectivity index (χ2v) is 10.4. The van der Waals surface area contributed by atoms with E-state index in [1.807, 2.05) is 72.7 Å². The summed E-state index contributed by atoms with van der Waals surface area (Å²) >= 11 is 0. The molecule has 0 bridgehead atoms. The summed E-state index contributed by atoms with van der Waals surface area (Å²) in [5.41, 5.74) is 0.775. The van der Waals surface area contributed by atoms with Crippen molar-refractivity contribution < 1.29 is 23.8 Å². The first-order valence-electron chi connectivity index (χ1n) is 11.4. The van der Waals surface area contributed by atoms with Gasteiger partial charge in [-0.25, -0.2) is 4.79 Å². The Kier molecular flexibility index (Phi) is 8.38. The zero-order chi connectivity index (χ0) is 24.1. The van der Waals surface area contributed by atoms with Gasteiger partial charge in [-0.1, -0.05) is 24.8 Å². The minimum atomic E-state index is -0.579. The Hall–Kier alpha value is -2.50. The molecular weight excluding hydrogens is 406 g/mol. The molecule has 1 amide bonds. The topological polar surface area (TPSA) is 65.1 Å². The fraction of sp³-hybridized carbons (Fsp3) is 0.615. The van der Waals surface area contributed by atoms with E-state index in [0.29, 0.717) is 31.9 Å². The van der Waals surface area contributed by atoms with Crippen molar-refractivity contribution in [2.75, 3.05) is 19.7 Å². The van der Waals surface area contributed by atoms with Gasteiger partial charge in [0, 0.05) is 18.7 Å². The van der Waals surface area contributed by atoms with E-state index in [0.717, 1.165) is 17.5 Å². The molecule has 1 aliphatic heterocycles. The molecule has 0 N–H and O–H groups in total. The lowest BCUT2D eigenvalue weighted by atomic mass is 9.85. The fourth-order valence-corrected chi connectivity index (χ4v) is 3.81. The third-order valence-corrected chi connectivity index (χ3v) is 5.18. The number of carbonyl (C=O) groups excluding carboxylic acids is 2. The van der Waals surface area contributed by atoms with Gasteiger partial charge in [0.05, 0.1) is 12.5 Å². The molecule has 1 aromatic carbocycles.